The van der Waals surface area contributed by atoms with Crippen molar-refractivity contribution in [3.05, 3.63) is 33.8 Å². The number of rotatable bonds is 4. The van der Waals surface area contributed by atoms with Crippen LogP contribution in [0.4, 0.5) is 0 Å². The van der Waals surface area contributed by atoms with Crippen LogP contribution in [0.5, 0.6) is 0 Å². The topological polar surface area (TPSA) is 12.0 Å². The van der Waals surface area contributed by atoms with Gasteiger partial charge in [0, 0.05) is 22.1 Å². The van der Waals surface area contributed by atoms with Crippen LogP contribution in [0.25, 0.3) is 0 Å². The van der Waals surface area contributed by atoms with Crippen molar-refractivity contribution in [1.82, 2.24) is 5.32 Å². The van der Waals surface area contributed by atoms with E-state index in [1.807, 2.05) is 18.2 Å². The first kappa shape index (κ1) is 15.2. The smallest absolute Gasteiger partial charge is 0.0468 e. The molecule has 3 heteroatoms. The van der Waals surface area contributed by atoms with Gasteiger partial charge >= 0.3 is 0 Å². The van der Waals surface area contributed by atoms with E-state index in [1.165, 1.54) is 32.1 Å². The zero-order valence-electron chi connectivity index (χ0n) is 11.8. The van der Waals surface area contributed by atoms with E-state index in [0.717, 1.165) is 16.5 Å². The highest BCUT2D eigenvalue weighted by molar-refractivity contribution is 6.35. The number of hydrogen-bond acceptors (Lipinski definition) is 1. The van der Waals surface area contributed by atoms with Crippen molar-refractivity contribution in [2.45, 2.75) is 58.0 Å². The number of hydrogen-bond donors (Lipinski definition) is 1. The summed E-state index contributed by atoms with van der Waals surface area (Å²) in [7, 11) is 0. The van der Waals surface area contributed by atoms with Crippen molar-refractivity contribution >= 4 is 23.2 Å². The lowest BCUT2D eigenvalue weighted by molar-refractivity contribution is 0.273. The van der Waals surface area contributed by atoms with Gasteiger partial charge in [-0.3, -0.25) is 0 Å². The van der Waals surface area contributed by atoms with Gasteiger partial charge in [0.05, 0.1) is 0 Å². The molecule has 106 valence electrons. The summed E-state index contributed by atoms with van der Waals surface area (Å²) < 4.78 is 0. The predicted octanol–water partition coefficient (Wildman–Crippen LogP) is 5.61. The molecule has 0 amide bonds. The Kier molecular flexibility index (Phi) is 5.56. The molecule has 2 rings (SSSR count). The number of halogens is 2. The standard InChI is InChI=1S/C16H23Cl2N/c1-3-12-4-7-14(8-5-12)19-11(2)15-9-6-13(17)10-16(15)18/h6,9-12,14,19H,3-5,7-8H2,1-2H3. The minimum absolute atomic E-state index is 0.285. The molecule has 1 aromatic carbocycles. The maximum atomic E-state index is 6.26. The van der Waals surface area contributed by atoms with Gasteiger partial charge in [0.2, 0.25) is 0 Å². The second kappa shape index (κ2) is 6.97. The van der Waals surface area contributed by atoms with Gasteiger partial charge in [0.1, 0.15) is 0 Å². The van der Waals surface area contributed by atoms with E-state index in [2.05, 4.69) is 19.2 Å². The Balaban J connectivity index is 1.92. The van der Waals surface area contributed by atoms with Crippen LogP contribution < -0.4 is 5.32 Å². The maximum Gasteiger partial charge on any atom is 0.0468 e. The normalized spacial score (nSPS) is 25.3. The fourth-order valence-electron chi connectivity index (χ4n) is 3.03. The molecule has 0 heterocycles. The third kappa shape index (κ3) is 4.11. The summed E-state index contributed by atoms with van der Waals surface area (Å²) in [5, 5.41) is 5.17. The minimum atomic E-state index is 0.285. The van der Waals surface area contributed by atoms with Crippen LogP contribution in [0.3, 0.4) is 0 Å². The molecule has 0 aliphatic heterocycles. The monoisotopic (exact) mass is 299 g/mol. The van der Waals surface area contributed by atoms with Gasteiger partial charge in [0.25, 0.3) is 0 Å². The van der Waals surface area contributed by atoms with Crippen molar-refractivity contribution < 1.29 is 0 Å². The molecule has 1 nitrogen and oxygen atoms in total. The van der Waals surface area contributed by atoms with Gasteiger partial charge in [-0.25, -0.2) is 0 Å². The highest BCUT2D eigenvalue weighted by atomic mass is 35.5. The largest absolute Gasteiger partial charge is 0.307 e. The van der Waals surface area contributed by atoms with E-state index in [-0.39, 0.29) is 6.04 Å². The zero-order valence-corrected chi connectivity index (χ0v) is 13.3. The lowest BCUT2D eigenvalue weighted by Gasteiger charge is -2.31. The quantitative estimate of drug-likeness (QED) is 0.761. The molecule has 1 unspecified atom stereocenters. The average Bonchev–Trinajstić information content (AvgIpc) is 2.39. The molecule has 1 saturated carbocycles. The molecule has 0 aromatic heterocycles. The van der Waals surface area contributed by atoms with Gasteiger partial charge in [-0.15, -0.1) is 0 Å². The van der Waals surface area contributed by atoms with Crippen molar-refractivity contribution in [1.29, 1.82) is 0 Å². The molecule has 1 N–H and O–H groups in total. The average molecular weight is 300 g/mol. The molecular weight excluding hydrogens is 277 g/mol. The summed E-state index contributed by atoms with van der Waals surface area (Å²) in [5.41, 5.74) is 1.14. The summed E-state index contributed by atoms with van der Waals surface area (Å²) in [5.74, 6) is 0.937. The molecule has 0 radical (unpaired) electrons. The molecule has 1 aliphatic carbocycles. The van der Waals surface area contributed by atoms with Crippen molar-refractivity contribution in [2.24, 2.45) is 5.92 Å². The van der Waals surface area contributed by atoms with Crippen LogP contribution in [0.2, 0.25) is 10.0 Å². The molecule has 0 saturated heterocycles. The molecule has 1 fully saturated rings. The highest BCUT2D eigenvalue weighted by Gasteiger charge is 2.22. The zero-order chi connectivity index (χ0) is 13.8. The molecule has 0 spiro atoms. The van der Waals surface area contributed by atoms with Gasteiger partial charge in [-0.2, -0.15) is 0 Å². The second-order valence-corrected chi connectivity index (χ2v) is 6.52. The summed E-state index contributed by atoms with van der Waals surface area (Å²) in [6.07, 6.45) is 6.61. The van der Waals surface area contributed by atoms with Crippen LogP contribution in [0.15, 0.2) is 18.2 Å². The van der Waals surface area contributed by atoms with E-state index < -0.39 is 0 Å². The Morgan fingerprint density at radius 3 is 2.47 bits per heavy atom. The van der Waals surface area contributed by atoms with Gasteiger partial charge in [-0.05, 0) is 56.2 Å². The molecule has 1 atom stereocenters. The molecular formula is C16H23Cl2N. The number of benzene rings is 1. The van der Waals surface area contributed by atoms with Crippen LogP contribution in [-0.2, 0) is 0 Å². The van der Waals surface area contributed by atoms with E-state index in [9.17, 15) is 0 Å². The fourth-order valence-corrected chi connectivity index (χ4v) is 3.61. The molecule has 1 aromatic rings. The van der Waals surface area contributed by atoms with Gasteiger partial charge in [-0.1, -0.05) is 42.6 Å². The van der Waals surface area contributed by atoms with Crippen molar-refractivity contribution in [3.63, 3.8) is 0 Å². The third-order valence-corrected chi connectivity index (χ3v) is 4.90. The van der Waals surface area contributed by atoms with Crippen LogP contribution in [0.1, 0.15) is 57.6 Å². The number of nitrogens with one attached hydrogen (secondary N) is 1. The maximum absolute atomic E-state index is 6.26. The summed E-state index contributed by atoms with van der Waals surface area (Å²) in [6, 6.07) is 6.68. The van der Waals surface area contributed by atoms with E-state index >= 15 is 0 Å². The molecule has 19 heavy (non-hydrogen) atoms. The first-order valence-electron chi connectivity index (χ1n) is 7.31. The van der Waals surface area contributed by atoms with Crippen LogP contribution in [0, 0.1) is 5.92 Å². The second-order valence-electron chi connectivity index (χ2n) is 5.68. The van der Waals surface area contributed by atoms with Crippen LogP contribution in [-0.4, -0.2) is 6.04 Å². The minimum Gasteiger partial charge on any atom is -0.307 e. The summed E-state index contributed by atoms with van der Waals surface area (Å²) >= 11 is 12.2. The van der Waals surface area contributed by atoms with E-state index in [4.69, 9.17) is 23.2 Å². The Morgan fingerprint density at radius 2 is 1.89 bits per heavy atom. The lowest BCUT2D eigenvalue weighted by Crippen LogP contribution is -2.35. The molecule has 1 aliphatic rings. The van der Waals surface area contributed by atoms with E-state index in [1.54, 1.807) is 0 Å². The fraction of sp³-hybridized carbons (Fsp3) is 0.625. The van der Waals surface area contributed by atoms with Gasteiger partial charge < -0.3 is 5.32 Å². The van der Waals surface area contributed by atoms with Crippen LogP contribution >= 0.6 is 23.2 Å². The van der Waals surface area contributed by atoms with Gasteiger partial charge in [0.15, 0.2) is 0 Å². The first-order chi connectivity index (χ1) is 9.10. The summed E-state index contributed by atoms with van der Waals surface area (Å²) in [6.45, 7) is 4.48. The Morgan fingerprint density at radius 1 is 1.21 bits per heavy atom. The molecule has 0 bridgehead atoms. The lowest BCUT2D eigenvalue weighted by atomic mass is 9.84. The first-order valence-corrected chi connectivity index (χ1v) is 8.06. The van der Waals surface area contributed by atoms with Crippen molar-refractivity contribution in [2.75, 3.05) is 0 Å². The van der Waals surface area contributed by atoms with E-state index in [0.29, 0.717) is 11.1 Å². The third-order valence-electron chi connectivity index (χ3n) is 4.34. The Labute approximate surface area is 126 Å². The van der Waals surface area contributed by atoms with Crippen molar-refractivity contribution in [3.8, 4) is 0 Å². The Bertz CT molecular complexity index is 411. The Hall–Kier alpha value is -0.240. The predicted molar refractivity (Wildman–Crippen MR) is 84.0 cm³/mol. The summed E-state index contributed by atoms with van der Waals surface area (Å²) in [4.78, 5) is 0. The highest BCUT2D eigenvalue weighted by Crippen LogP contribution is 2.30. The SMILES string of the molecule is CCC1CCC(NC(C)c2ccc(Cl)cc2Cl)CC1.